The van der Waals surface area contributed by atoms with Crippen molar-refractivity contribution in [3.05, 3.63) is 211 Å². The maximum absolute atomic E-state index is 2.43. The molecule has 9 aromatic rings. The number of benzene rings is 9. The minimum Gasteiger partial charge on any atom is -0.310 e. The van der Waals surface area contributed by atoms with Crippen LogP contribution in [0.3, 0.4) is 0 Å². The third kappa shape index (κ3) is 5.32. The minimum absolute atomic E-state index is 0.106. The summed E-state index contributed by atoms with van der Waals surface area (Å²) in [5, 5.41) is 5.01. The van der Waals surface area contributed by atoms with Crippen LogP contribution in [0.2, 0.25) is 0 Å². The van der Waals surface area contributed by atoms with Crippen molar-refractivity contribution in [2.75, 3.05) is 4.90 Å². The van der Waals surface area contributed by atoms with Crippen LogP contribution in [0, 0.1) is 0 Å². The molecule has 256 valence electrons. The largest absolute Gasteiger partial charge is 0.310 e. The molecule has 0 aliphatic heterocycles. The molecule has 0 bridgehead atoms. The fourth-order valence-corrected chi connectivity index (χ4v) is 8.69. The molecule has 1 aliphatic rings. The zero-order chi connectivity index (χ0) is 36.2. The van der Waals surface area contributed by atoms with Crippen LogP contribution in [0.4, 0.5) is 17.1 Å². The van der Waals surface area contributed by atoms with E-state index in [4.69, 9.17) is 0 Å². The predicted octanol–water partition coefficient (Wildman–Crippen LogP) is 14.8. The SMILES string of the molecule is CC1(C)c2ccccc2-c2ccc(N(c3ccc(-c4ccc5ccccc5c4)cc3)c3cccc(-c4ccc5ccccc5c4-c4ccccc4)c3)cc21. The van der Waals surface area contributed by atoms with Crippen molar-refractivity contribution in [2.45, 2.75) is 19.3 Å². The maximum atomic E-state index is 2.43. The van der Waals surface area contributed by atoms with E-state index in [9.17, 15) is 0 Å². The third-order valence-corrected chi connectivity index (χ3v) is 11.4. The molecular formula is C53H39N. The first-order valence-electron chi connectivity index (χ1n) is 18.8. The zero-order valence-corrected chi connectivity index (χ0v) is 30.5. The van der Waals surface area contributed by atoms with Crippen molar-refractivity contribution < 1.29 is 0 Å². The van der Waals surface area contributed by atoms with E-state index in [1.165, 1.54) is 77.2 Å². The first-order chi connectivity index (χ1) is 26.5. The molecular weight excluding hydrogens is 651 g/mol. The Kier molecular flexibility index (Phi) is 7.56. The van der Waals surface area contributed by atoms with Crippen molar-refractivity contribution in [1.29, 1.82) is 0 Å². The molecule has 9 aromatic carbocycles. The Morgan fingerprint density at radius 3 is 1.80 bits per heavy atom. The van der Waals surface area contributed by atoms with E-state index in [0.29, 0.717) is 0 Å². The topological polar surface area (TPSA) is 3.24 Å². The highest BCUT2D eigenvalue weighted by molar-refractivity contribution is 6.04. The van der Waals surface area contributed by atoms with E-state index in [1.807, 2.05) is 0 Å². The quantitative estimate of drug-likeness (QED) is 0.168. The summed E-state index contributed by atoms with van der Waals surface area (Å²) < 4.78 is 0. The monoisotopic (exact) mass is 689 g/mol. The van der Waals surface area contributed by atoms with Crippen LogP contribution in [-0.4, -0.2) is 0 Å². The van der Waals surface area contributed by atoms with Gasteiger partial charge in [0.05, 0.1) is 0 Å². The van der Waals surface area contributed by atoms with E-state index in [-0.39, 0.29) is 5.41 Å². The first-order valence-corrected chi connectivity index (χ1v) is 18.8. The van der Waals surface area contributed by atoms with Crippen molar-refractivity contribution >= 4 is 38.6 Å². The van der Waals surface area contributed by atoms with Gasteiger partial charge < -0.3 is 4.90 Å². The van der Waals surface area contributed by atoms with Gasteiger partial charge in [-0.25, -0.2) is 0 Å². The van der Waals surface area contributed by atoms with Gasteiger partial charge >= 0.3 is 0 Å². The average molecular weight is 690 g/mol. The van der Waals surface area contributed by atoms with Crippen molar-refractivity contribution in [3.8, 4) is 44.5 Å². The molecule has 0 atom stereocenters. The second kappa shape index (κ2) is 12.8. The smallest absolute Gasteiger partial charge is 0.0467 e. The van der Waals surface area contributed by atoms with Crippen molar-refractivity contribution in [1.82, 2.24) is 0 Å². The third-order valence-electron chi connectivity index (χ3n) is 11.4. The molecule has 0 saturated carbocycles. The van der Waals surface area contributed by atoms with Gasteiger partial charge in [-0.1, -0.05) is 172 Å². The molecule has 0 fully saturated rings. The number of hydrogen-bond acceptors (Lipinski definition) is 1. The van der Waals surface area contributed by atoms with E-state index >= 15 is 0 Å². The lowest BCUT2D eigenvalue weighted by atomic mass is 9.82. The molecule has 1 aliphatic carbocycles. The molecule has 0 N–H and O–H groups in total. The second-order valence-electron chi connectivity index (χ2n) is 15.0. The summed E-state index contributed by atoms with van der Waals surface area (Å²) in [4.78, 5) is 2.43. The molecule has 1 heteroatoms. The Labute approximate surface area is 317 Å². The number of nitrogens with zero attached hydrogens (tertiary/aromatic N) is 1. The number of fused-ring (bicyclic) bond motifs is 5. The van der Waals surface area contributed by atoms with E-state index in [0.717, 1.165) is 17.1 Å². The Morgan fingerprint density at radius 2 is 0.944 bits per heavy atom. The predicted molar refractivity (Wildman–Crippen MR) is 230 cm³/mol. The second-order valence-corrected chi connectivity index (χ2v) is 15.0. The van der Waals surface area contributed by atoms with Gasteiger partial charge in [0.15, 0.2) is 0 Å². The highest BCUT2D eigenvalue weighted by Crippen LogP contribution is 2.51. The fraction of sp³-hybridized carbons (Fsp3) is 0.0566. The number of rotatable bonds is 6. The van der Waals surface area contributed by atoms with Gasteiger partial charge in [-0.05, 0) is 120 Å². The summed E-state index contributed by atoms with van der Waals surface area (Å²) in [6.07, 6.45) is 0. The van der Waals surface area contributed by atoms with Crippen LogP contribution >= 0.6 is 0 Å². The fourth-order valence-electron chi connectivity index (χ4n) is 8.69. The molecule has 0 heterocycles. The van der Waals surface area contributed by atoms with Crippen LogP contribution in [-0.2, 0) is 5.41 Å². The minimum atomic E-state index is -0.106. The van der Waals surface area contributed by atoms with Gasteiger partial charge in [0.2, 0.25) is 0 Å². The molecule has 10 rings (SSSR count). The van der Waals surface area contributed by atoms with Crippen LogP contribution in [0.1, 0.15) is 25.0 Å². The number of hydrogen-bond donors (Lipinski definition) is 0. The lowest BCUT2D eigenvalue weighted by Gasteiger charge is -2.29. The van der Waals surface area contributed by atoms with Gasteiger partial charge in [-0.15, -0.1) is 0 Å². The van der Waals surface area contributed by atoms with Gasteiger partial charge in [-0.3, -0.25) is 0 Å². The van der Waals surface area contributed by atoms with E-state index < -0.39 is 0 Å². The zero-order valence-electron chi connectivity index (χ0n) is 30.5. The molecule has 0 spiro atoms. The van der Waals surface area contributed by atoms with Gasteiger partial charge in [0.1, 0.15) is 0 Å². The summed E-state index contributed by atoms with van der Waals surface area (Å²) in [5.41, 5.74) is 16.0. The molecule has 0 amide bonds. The van der Waals surface area contributed by atoms with Gasteiger partial charge in [0, 0.05) is 22.5 Å². The molecule has 1 nitrogen and oxygen atoms in total. The molecule has 0 unspecified atom stereocenters. The number of anilines is 3. The summed E-state index contributed by atoms with van der Waals surface area (Å²) in [6.45, 7) is 4.71. The lowest BCUT2D eigenvalue weighted by Crippen LogP contribution is -2.16. The van der Waals surface area contributed by atoms with Gasteiger partial charge in [-0.2, -0.15) is 0 Å². The van der Waals surface area contributed by atoms with Crippen molar-refractivity contribution in [2.24, 2.45) is 0 Å². The summed E-state index contributed by atoms with van der Waals surface area (Å²) in [6, 6.07) is 73.5. The summed E-state index contributed by atoms with van der Waals surface area (Å²) in [5.74, 6) is 0. The Bertz CT molecular complexity index is 2850. The Hall–Kier alpha value is -6.70. The summed E-state index contributed by atoms with van der Waals surface area (Å²) >= 11 is 0. The molecule has 54 heavy (non-hydrogen) atoms. The molecule has 0 aromatic heterocycles. The Morgan fingerprint density at radius 1 is 0.333 bits per heavy atom. The average Bonchev–Trinajstić information content (AvgIpc) is 3.46. The normalized spacial score (nSPS) is 12.8. The summed E-state index contributed by atoms with van der Waals surface area (Å²) in [7, 11) is 0. The standard InChI is InChI=1S/C53H39N/c1-53(2)50-22-11-10-21-48(50)49-32-30-45(35-51(49)53)54(43-28-25-37(26-29-43)41-24-23-36-13-6-7-17-40(36)33-41)44-19-12-18-42(34-44)47-31-27-38-14-8-9-20-46(38)52(47)39-15-4-3-5-16-39/h3-35H,1-2H3. The van der Waals surface area contributed by atoms with E-state index in [2.05, 4.69) is 219 Å². The van der Waals surface area contributed by atoms with Gasteiger partial charge in [0.25, 0.3) is 0 Å². The highest BCUT2D eigenvalue weighted by atomic mass is 15.1. The lowest BCUT2D eigenvalue weighted by molar-refractivity contribution is 0.660. The van der Waals surface area contributed by atoms with E-state index in [1.54, 1.807) is 0 Å². The van der Waals surface area contributed by atoms with Crippen LogP contribution in [0.15, 0.2) is 200 Å². The molecule has 0 radical (unpaired) electrons. The Balaban J connectivity index is 1.13. The van der Waals surface area contributed by atoms with Crippen LogP contribution in [0.5, 0.6) is 0 Å². The van der Waals surface area contributed by atoms with Crippen LogP contribution < -0.4 is 4.90 Å². The highest BCUT2D eigenvalue weighted by Gasteiger charge is 2.35. The maximum Gasteiger partial charge on any atom is 0.0467 e. The van der Waals surface area contributed by atoms with Crippen LogP contribution in [0.25, 0.3) is 66.1 Å². The molecule has 0 saturated heterocycles. The first kappa shape index (κ1) is 32.0. The van der Waals surface area contributed by atoms with Crippen molar-refractivity contribution in [3.63, 3.8) is 0 Å².